The van der Waals surface area contributed by atoms with E-state index in [9.17, 15) is 9.90 Å². The molecule has 2 bridgehead atoms. The van der Waals surface area contributed by atoms with Gasteiger partial charge in [-0.1, -0.05) is 12.1 Å². The second kappa shape index (κ2) is 4.71. The third-order valence-electron chi connectivity index (χ3n) is 3.76. The molecule has 0 amide bonds. The van der Waals surface area contributed by atoms with Gasteiger partial charge in [0.1, 0.15) is 11.5 Å². The van der Waals surface area contributed by atoms with Gasteiger partial charge >= 0.3 is 0 Å². The van der Waals surface area contributed by atoms with Crippen molar-refractivity contribution in [2.75, 3.05) is 13.2 Å². The van der Waals surface area contributed by atoms with Gasteiger partial charge in [-0.05, 0) is 17.7 Å². The highest BCUT2D eigenvalue weighted by Crippen LogP contribution is 2.27. The Morgan fingerprint density at radius 3 is 2.67 bits per heavy atom. The molecule has 0 aromatic heterocycles. The Labute approximate surface area is 106 Å². The fraction of sp³-hybridized carbons (Fsp3) is 0.500. The van der Waals surface area contributed by atoms with E-state index in [2.05, 4.69) is 4.90 Å². The van der Waals surface area contributed by atoms with Crippen LogP contribution in [-0.2, 0) is 16.1 Å². The van der Waals surface area contributed by atoms with Gasteiger partial charge in [0.15, 0.2) is 0 Å². The van der Waals surface area contributed by atoms with Gasteiger partial charge in [-0.2, -0.15) is 0 Å². The van der Waals surface area contributed by atoms with Crippen LogP contribution in [0.2, 0.25) is 0 Å². The van der Waals surface area contributed by atoms with Crippen molar-refractivity contribution in [3.63, 3.8) is 0 Å². The zero-order chi connectivity index (χ0) is 12.5. The number of Topliss-reactive ketones (excluding diaryl/α,β-unsaturated/α-hetero) is 1. The second-order valence-corrected chi connectivity index (χ2v) is 5.13. The number of fused-ring (bicyclic) bond motifs is 2. The van der Waals surface area contributed by atoms with E-state index in [1.54, 1.807) is 12.1 Å². The molecule has 1 aromatic carbocycles. The molecule has 2 heterocycles. The molecule has 2 aliphatic heterocycles. The maximum absolute atomic E-state index is 11.6. The first-order chi connectivity index (χ1) is 8.72. The SMILES string of the molecule is O=C1CC2COCC(C1)N2Cc1cccc(O)c1. The lowest BCUT2D eigenvalue weighted by Gasteiger charge is -2.45. The van der Waals surface area contributed by atoms with Crippen LogP contribution >= 0.6 is 0 Å². The van der Waals surface area contributed by atoms with E-state index < -0.39 is 0 Å². The summed E-state index contributed by atoms with van der Waals surface area (Å²) < 4.78 is 5.53. The largest absolute Gasteiger partial charge is 0.508 e. The lowest BCUT2D eigenvalue weighted by molar-refractivity contribution is -0.136. The quantitative estimate of drug-likeness (QED) is 0.856. The minimum atomic E-state index is 0.201. The van der Waals surface area contributed by atoms with E-state index in [1.165, 1.54) is 0 Å². The Kier molecular flexibility index (Phi) is 3.06. The number of benzene rings is 1. The maximum atomic E-state index is 11.6. The number of carbonyl (C=O) groups is 1. The van der Waals surface area contributed by atoms with E-state index in [-0.39, 0.29) is 12.1 Å². The average molecular weight is 247 g/mol. The summed E-state index contributed by atoms with van der Waals surface area (Å²) in [6.45, 7) is 2.06. The molecule has 96 valence electrons. The van der Waals surface area contributed by atoms with E-state index in [4.69, 9.17) is 4.74 Å². The standard InChI is InChI=1S/C14H17NO3/c16-13-3-1-2-10(4-13)7-15-11-5-14(17)6-12(15)9-18-8-11/h1-4,11-12,16H,5-9H2. The summed E-state index contributed by atoms with van der Waals surface area (Å²) in [5.41, 5.74) is 1.08. The van der Waals surface area contributed by atoms with Crippen molar-refractivity contribution in [2.24, 2.45) is 0 Å². The fourth-order valence-corrected chi connectivity index (χ4v) is 2.91. The molecule has 18 heavy (non-hydrogen) atoms. The van der Waals surface area contributed by atoms with Crippen molar-refractivity contribution in [2.45, 2.75) is 31.5 Å². The predicted molar refractivity (Wildman–Crippen MR) is 66.3 cm³/mol. The van der Waals surface area contributed by atoms with Crippen molar-refractivity contribution in [3.8, 4) is 5.75 Å². The molecule has 2 aliphatic rings. The lowest BCUT2D eigenvalue weighted by atomic mass is 9.92. The number of nitrogens with zero attached hydrogens (tertiary/aromatic N) is 1. The zero-order valence-electron chi connectivity index (χ0n) is 10.2. The number of hydrogen-bond acceptors (Lipinski definition) is 4. The Balaban J connectivity index is 1.77. The number of ketones is 1. The van der Waals surface area contributed by atoms with E-state index >= 15 is 0 Å². The van der Waals surface area contributed by atoms with Gasteiger partial charge in [0.2, 0.25) is 0 Å². The number of carbonyl (C=O) groups excluding carboxylic acids is 1. The molecule has 2 atom stereocenters. The molecule has 0 spiro atoms. The average Bonchev–Trinajstić information content (AvgIpc) is 2.30. The summed E-state index contributed by atoms with van der Waals surface area (Å²) in [5.74, 6) is 0.641. The molecule has 4 heteroatoms. The van der Waals surface area contributed by atoms with Crippen LogP contribution in [0.1, 0.15) is 18.4 Å². The Morgan fingerprint density at radius 1 is 1.28 bits per heavy atom. The van der Waals surface area contributed by atoms with E-state index in [0.29, 0.717) is 37.6 Å². The highest BCUT2D eigenvalue weighted by molar-refractivity contribution is 5.80. The van der Waals surface area contributed by atoms with Crippen LogP contribution in [0.15, 0.2) is 24.3 Å². The molecule has 1 N–H and O–H groups in total. The number of aromatic hydroxyl groups is 1. The Hall–Kier alpha value is -1.39. The summed E-state index contributed by atoms with van der Waals surface area (Å²) in [6.07, 6.45) is 1.19. The molecular weight excluding hydrogens is 230 g/mol. The Bertz CT molecular complexity index is 444. The van der Waals surface area contributed by atoms with Gasteiger partial charge in [0, 0.05) is 31.5 Å². The molecule has 3 rings (SSSR count). The van der Waals surface area contributed by atoms with Crippen LogP contribution in [0, 0.1) is 0 Å². The third-order valence-corrected chi connectivity index (χ3v) is 3.76. The van der Waals surface area contributed by atoms with Crippen molar-refractivity contribution in [3.05, 3.63) is 29.8 Å². The van der Waals surface area contributed by atoms with Gasteiger partial charge in [-0.15, -0.1) is 0 Å². The molecule has 1 aromatic rings. The zero-order valence-corrected chi connectivity index (χ0v) is 10.2. The minimum Gasteiger partial charge on any atom is -0.508 e. The normalized spacial score (nSPS) is 28.3. The smallest absolute Gasteiger partial charge is 0.136 e. The summed E-state index contributed by atoms with van der Waals surface area (Å²) in [6, 6.07) is 7.72. The first-order valence-corrected chi connectivity index (χ1v) is 6.35. The monoisotopic (exact) mass is 247 g/mol. The van der Waals surface area contributed by atoms with Crippen molar-refractivity contribution >= 4 is 5.78 Å². The molecule has 2 fully saturated rings. The first-order valence-electron chi connectivity index (χ1n) is 6.35. The van der Waals surface area contributed by atoms with Crippen LogP contribution in [0.3, 0.4) is 0 Å². The number of phenolic OH excluding ortho intramolecular Hbond substituents is 1. The molecular formula is C14H17NO3. The molecule has 0 saturated carbocycles. The third kappa shape index (κ3) is 2.26. The van der Waals surface area contributed by atoms with Crippen LogP contribution in [0.4, 0.5) is 0 Å². The summed E-state index contributed by atoms with van der Waals surface area (Å²) in [7, 11) is 0. The number of rotatable bonds is 2. The number of ether oxygens (including phenoxy) is 1. The van der Waals surface area contributed by atoms with Gasteiger partial charge < -0.3 is 9.84 Å². The Morgan fingerprint density at radius 2 is 2.00 bits per heavy atom. The molecule has 4 nitrogen and oxygen atoms in total. The van der Waals surface area contributed by atoms with Crippen LogP contribution < -0.4 is 0 Å². The molecule has 2 unspecified atom stereocenters. The molecule has 0 aliphatic carbocycles. The highest BCUT2D eigenvalue weighted by Gasteiger charge is 2.38. The van der Waals surface area contributed by atoms with Gasteiger partial charge in [-0.25, -0.2) is 0 Å². The van der Waals surface area contributed by atoms with Gasteiger partial charge in [0.25, 0.3) is 0 Å². The summed E-state index contributed by atoms with van der Waals surface area (Å²) in [5, 5.41) is 9.49. The number of phenols is 1. The van der Waals surface area contributed by atoms with Crippen molar-refractivity contribution < 1.29 is 14.6 Å². The number of hydrogen-bond donors (Lipinski definition) is 1. The number of piperidine rings is 1. The molecule has 0 radical (unpaired) electrons. The van der Waals surface area contributed by atoms with Crippen LogP contribution in [0.5, 0.6) is 5.75 Å². The van der Waals surface area contributed by atoms with Crippen LogP contribution in [0.25, 0.3) is 0 Å². The second-order valence-electron chi connectivity index (χ2n) is 5.13. The van der Waals surface area contributed by atoms with Crippen molar-refractivity contribution in [1.82, 2.24) is 4.90 Å². The van der Waals surface area contributed by atoms with Gasteiger partial charge in [-0.3, -0.25) is 9.69 Å². The fourth-order valence-electron chi connectivity index (χ4n) is 2.91. The first kappa shape index (κ1) is 11.7. The minimum absolute atomic E-state index is 0.201. The summed E-state index contributed by atoms with van der Waals surface area (Å²) >= 11 is 0. The lowest BCUT2D eigenvalue weighted by Crippen LogP contribution is -2.56. The predicted octanol–water partition coefficient (Wildman–Crippen LogP) is 1.32. The highest BCUT2D eigenvalue weighted by atomic mass is 16.5. The summed E-state index contributed by atoms with van der Waals surface area (Å²) in [4.78, 5) is 14.0. The van der Waals surface area contributed by atoms with Crippen molar-refractivity contribution in [1.29, 1.82) is 0 Å². The number of morpholine rings is 1. The van der Waals surface area contributed by atoms with E-state index in [0.717, 1.165) is 12.1 Å². The maximum Gasteiger partial charge on any atom is 0.136 e. The topological polar surface area (TPSA) is 49.8 Å². The van der Waals surface area contributed by atoms with Gasteiger partial charge in [0.05, 0.1) is 13.2 Å². The molecule has 2 saturated heterocycles. The van der Waals surface area contributed by atoms with E-state index in [1.807, 2.05) is 12.1 Å². The van der Waals surface area contributed by atoms with Crippen LogP contribution in [-0.4, -0.2) is 41.1 Å².